The van der Waals surface area contributed by atoms with Gasteiger partial charge in [-0.2, -0.15) is 10.2 Å². The number of carbonyl (C=O) groups is 1. The molecule has 36 heavy (non-hydrogen) atoms. The first-order valence-electron chi connectivity index (χ1n) is 11.5. The van der Waals surface area contributed by atoms with E-state index in [1.165, 1.54) is 23.9 Å². The van der Waals surface area contributed by atoms with Crippen LogP contribution in [-0.4, -0.2) is 28.3 Å². The molecule has 182 valence electrons. The van der Waals surface area contributed by atoms with E-state index in [2.05, 4.69) is 5.10 Å². The molecular formula is C26H23N5O4S. The van der Waals surface area contributed by atoms with Crippen LogP contribution in [0.15, 0.2) is 89.1 Å². The van der Waals surface area contributed by atoms with Gasteiger partial charge in [0.25, 0.3) is 5.69 Å². The van der Waals surface area contributed by atoms with Crippen molar-refractivity contribution in [3.63, 3.8) is 0 Å². The molecular weight excluding hydrogens is 478 g/mol. The smallest absolute Gasteiger partial charge is 0.365 e. The minimum Gasteiger partial charge on any atom is -0.461 e. The van der Waals surface area contributed by atoms with Crippen LogP contribution in [0.2, 0.25) is 0 Å². The first-order valence-corrected chi connectivity index (χ1v) is 12.3. The van der Waals surface area contributed by atoms with Gasteiger partial charge < -0.3 is 4.74 Å². The molecule has 0 N–H and O–H groups in total. The van der Waals surface area contributed by atoms with Gasteiger partial charge in [0.15, 0.2) is 0 Å². The summed E-state index contributed by atoms with van der Waals surface area (Å²) in [6, 6.07) is 23.7. The van der Waals surface area contributed by atoms with Crippen LogP contribution in [0.3, 0.4) is 0 Å². The molecule has 0 radical (unpaired) electrons. The van der Waals surface area contributed by atoms with E-state index < -0.39 is 15.9 Å². The van der Waals surface area contributed by atoms with E-state index in [1.807, 2.05) is 66.5 Å². The first-order chi connectivity index (χ1) is 17.5. The molecule has 10 heteroatoms. The zero-order valence-electron chi connectivity index (χ0n) is 19.7. The van der Waals surface area contributed by atoms with Gasteiger partial charge in [0, 0.05) is 23.3 Å². The third kappa shape index (κ3) is 3.79. The fraction of sp³-hybridized carbons (Fsp3) is 0.192. The van der Waals surface area contributed by atoms with Crippen molar-refractivity contribution in [3.8, 4) is 0 Å². The molecule has 0 amide bonds. The van der Waals surface area contributed by atoms with E-state index in [1.54, 1.807) is 24.1 Å². The van der Waals surface area contributed by atoms with E-state index in [4.69, 9.17) is 9.84 Å². The van der Waals surface area contributed by atoms with Gasteiger partial charge in [0.2, 0.25) is 10.0 Å². The molecule has 0 bridgehead atoms. The van der Waals surface area contributed by atoms with E-state index >= 15 is 0 Å². The number of fused-ring (bicyclic) bond motifs is 2. The van der Waals surface area contributed by atoms with Crippen molar-refractivity contribution in [2.75, 3.05) is 16.6 Å². The number of hydrazone groups is 2. The highest BCUT2D eigenvalue weighted by atomic mass is 32.2. The van der Waals surface area contributed by atoms with Crippen molar-refractivity contribution in [2.45, 2.75) is 25.3 Å². The second-order valence-electron chi connectivity index (χ2n) is 8.02. The quantitative estimate of drug-likeness (QED) is 0.251. The average molecular weight is 502 g/mol. The Labute approximate surface area is 212 Å². The van der Waals surface area contributed by atoms with Gasteiger partial charge in [-0.25, -0.2) is 14.8 Å². The summed E-state index contributed by atoms with van der Waals surface area (Å²) in [6.45, 7) is 3.97. The zero-order chi connectivity index (χ0) is 25.3. The van der Waals surface area contributed by atoms with Crippen LogP contribution in [-0.2, 0) is 14.5 Å². The maximum absolute atomic E-state index is 12.9. The Hall–Kier alpha value is -4.18. The molecule has 0 saturated carbocycles. The number of thioether (sulfide) groups is 1. The number of nitro groups is 1. The molecule has 0 saturated heterocycles. The Morgan fingerprint density at radius 2 is 1.67 bits per heavy atom. The number of hydrogen-bond acceptors (Lipinski definition) is 9. The molecule has 0 aromatic heterocycles. The highest BCUT2D eigenvalue weighted by Gasteiger charge is 2.56. The predicted molar refractivity (Wildman–Crippen MR) is 141 cm³/mol. The van der Waals surface area contributed by atoms with Gasteiger partial charge in [0.1, 0.15) is 0 Å². The fourth-order valence-electron chi connectivity index (χ4n) is 4.34. The number of nitro benzene ring substituents is 1. The van der Waals surface area contributed by atoms with Crippen LogP contribution in [0.4, 0.5) is 17.1 Å². The minimum absolute atomic E-state index is 0.0828. The molecule has 1 unspecified atom stereocenters. The number of rotatable bonds is 6. The number of non-ortho nitro benzene ring substituents is 1. The lowest BCUT2D eigenvalue weighted by Gasteiger charge is -2.47. The third-order valence-corrected chi connectivity index (χ3v) is 7.18. The Bertz CT molecular complexity index is 1390. The van der Waals surface area contributed by atoms with Crippen LogP contribution < -0.4 is 10.0 Å². The Kier molecular flexibility index (Phi) is 6.19. The van der Waals surface area contributed by atoms with Gasteiger partial charge in [-0.05, 0) is 43.3 Å². The molecule has 3 aromatic rings. The van der Waals surface area contributed by atoms with Gasteiger partial charge in [-0.15, -0.1) is 0 Å². The predicted octanol–water partition coefficient (Wildman–Crippen LogP) is 5.47. The maximum Gasteiger partial charge on any atom is 0.365 e. The number of benzene rings is 3. The summed E-state index contributed by atoms with van der Waals surface area (Å²) in [7, 11) is 0. The molecule has 1 atom stereocenters. The molecule has 9 nitrogen and oxygen atoms in total. The standard InChI is InChI=1S/C26H23N5O4S/c1-3-23-21-15-8-9-16-22(21)26(29(27-23)18-11-6-5-7-12-18)30(28-24(36-26)25(32)35-4-2)19-13-10-14-20(17-19)31(33)34/h5-17H,3-4H2,1-2H3. The van der Waals surface area contributed by atoms with Crippen molar-refractivity contribution in [3.05, 3.63) is 100 Å². The summed E-state index contributed by atoms with van der Waals surface area (Å²) in [4.78, 5) is 22.9. The molecule has 1 spiro atoms. The molecule has 2 aliphatic heterocycles. The van der Waals surface area contributed by atoms with E-state index in [0.717, 1.165) is 22.5 Å². The van der Waals surface area contributed by atoms with Gasteiger partial charge in [-0.1, -0.05) is 55.5 Å². The Morgan fingerprint density at radius 1 is 0.972 bits per heavy atom. The Balaban J connectivity index is 1.80. The summed E-state index contributed by atoms with van der Waals surface area (Å²) in [5, 5.41) is 24.9. The van der Waals surface area contributed by atoms with Crippen LogP contribution in [0.1, 0.15) is 31.4 Å². The summed E-state index contributed by atoms with van der Waals surface area (Å²) >= 11 is 1.21. The number of nitrogens with zero attached hydrogens (tertiary/aromatic N) is 5. The highest BCUT2D eigenvalue weighted by Crippen LogP contribution is 2.55. The van der Waals surface area contributed by atoms with E-state index in [9.17, 15) is 14.9 Å². The molecule has 3 aromatic carbocycles. The second-order valence-corrected chi connectivity index (χ2v) is 9.18. The SMILES string of the molecule is CCOC(=O)C1=NN(c2cccc([N+](=O)[O-])c2)C2(S1)c1ccccc1C(CC)=NN2c1ccccc1. The summed E-state index contributed by atoms with van der Waals surface area (Å²) < 4.78 is 5.30. The largest absolute Gasteiger partial charge is 0.461 e. The van der Waals surface area contributed by atoms with Crippen molar-refractivity contribution < 1.29 is 14.5 Å². The van der Waals surface area contributed by atoms with Crippen molar-refractivity contribution in [1.29, 1.82) is 0 Å². The number of para-hydroxylation sites is 1. The highest BCUT2D eigenvalue weighted by molar-refractivity contribution is 8.16. The summed E-state index contributed by atoms with van der Waals surface area (Å²) in [5.74, 6) is -0.564. The summed E-state index contributed by atoms with van der Waals surface area (Å²) in [6.07, 6.45) is 0.684. The van der Waals surface area contributed by atoms with Crippen LogP contribution >= 0.6 is 11.8 Å². The second kappa shape index (κ2) is 9.46. The van der Waals surface area contributed by atoms with Gasteiger partial charge in [-0.3, -0.25) is 10.1 Å². The van der Waals surface area contributed by atoms with E-state index in [0.29, 0.717) is 12.1 Å². The Morgan fingerprint density at radius 3 is 2.39 bits per heavy atom. The lowest BCUT2D eigenvalue weighted by atomic mass is 9.96. The lowest BCUT2D eigenvalue weighted by Crippen LogP contribution is -2.54. The fourth-order valence-corrected chi connectivity index (χ4v) is 5.63. The van der Waals surface area contributed by atoms with E-state index in [-0.39, 0.29) is 17.3 Å². The topological polar surface area (TPSA) is 101 Å². The number of esters is 1. The monoisotopic (exact) mass is 501 g/mol. The van der Waals surface area contributed by atoms with Crippen molar-refractivity contribution in [2.24, 2.45) is 10.2 Å². The lowest BCUT2D eigenvalue weighted by molar-refractivity contribution is -0.384. The van der Waals surface area contributed by atoms with Crippen LogP contribution in [0.25, 0.3) is 0 Å². The van der Waals surface area contributed by atoms with Gasteiger partial charge in [0.05, 0.1) is 28.6 Å². The number of ether oxygens (including phenoxy) is 1. The third-order valence-electron chi connectivity index (χ3n) is 5.88. The van der Waals surface area contributed by atoms with Crippen LogP contribution in [0.5, 0.6) is 0 Å². The van der Waals surface area contributed by atoms with Gasteiger partial charge >= 0.3 is 5.97 Å². The average Bonchev–Trinajstić information content (AvgIpc) is 3.31. The molecule has 2 heterocycles. The maximum atomic E-state index is 12.9. The first kappa shape index (κ1) is 23.6. The molecule has 0 aliphatic carbocycles. The van der Waals surface area contributed by atoms with Crippen molar-refractivity contribution in [1.82, 2.24) is 0 Å². The number of anilines is 2. The minimum atomic E-state index is -1.17. The zero-order valence-corrected chi connectivity index (χ0v) is 20.5. The number of hydrogen-bond donors (Lipinski definition) is 0. The number of carbonyl (C=O) groups excluding carboxylic acids is 1. The molecule has 2 aliphatic rings. The van der Waals surface area contributed by atoms with Crippen LogP contribution in [0, 0.1) is 10.1 Å². The normalized spacial score (nSPS) is 18.5. The molecule has 0 fully saturated rings. The molecule has 5 rings (SSSR count). The van der Waals surface area contributed by atoms with Crippen molar-refractivity contribution >= 4 is 45.5 Å². The summed E-state index contributed by atoms with van der Waals surface area (Å²) in [5.41, 5.74) is 3.81.